The summed E-state index contributed by atoms with van der Waals surface area (Å²) in [5, 5.41) is 5.91. The van der Waals surface area contributed by atoms with Crippen molar-refractivity contribution in [2.24, 2.45) is 0 Å². The maximum Gasteiger partial charge on any atom is 0.278 e. The molecule has 0 radical (unpaired) electrons. The van der Waals surface area contributed by atoms with Crippen molar-refractivity contribution in [2.75, 3.05) is 28.6 Å². The summed E-state index contributed by atoms with van der Waals surface area (Å²) in [5.74, 6) is -0.835. The average molecular weight is 433 g/mol. The van der Waals surface area contributed by atoms with Gasteiger partial charge in [0.1, 0.15) is 5.70 Å². The van der Waals surface area contributed by atoms with E-state index in [1.165, 1.54) is 24.7 Å². The molecule has 0 aromatic heterocycles. The van der Waals surface area contributed by atoms with Crippen LogP contribution < -0.4 is 15.5 Å². The maximum absolute atomic E-state index is 13.2. The van der Waals surface area contributed by atoms with E-state index in [1.54, 1.807) is 24.3 Å². The largest absolute Gasteiger partial charge is 0.372 e. The summed E-state index contributed by atoms with van der Waals surface area (Å²) in [6.07, 6.45) is 2.41. The van der Waals surface area contributed by atoms with Crippen molar-refractivity contribution in [3.05, 3.63) is 59.8 Å². The van der Waals surface area contributed by atoms with Gasteiger partial charge in [-0.15, -0.1) is 0 Å². The maximum atomic E-state index is 13.2. The molecule has 4 rings (SSSR count). The number of anilines is 3. The Labute approximate surface area is 188 Å². The van der Waals surface area contributed by atoms with Crippen LogP contribution in [0.15, 0.2) is 54.2 Å². The number of rotatable bonds is 6. The van der Waals surface area contributed by atoms with Crippen molar-refractivity contribution in [3.63, 3.8) is 0 Å². The molecule has 1 fully saturated rings. The van der Waals surface area contributed by atoms with Crippen LogP contribution >= 0.6 is 0 Å². The average Bonchev–Trinajstić information content (AvgIpc) is 3.36. The van der Waals surface area contributed by atoms with Gasteiger partial charge in [-0.05, 0) is 68.7 Å². The van der Waals surface area contributed by atoms with Crippen LogP contribution in [0.5, 0.6) is 0 Å². The first-order chi connectivity index (χ1) is 15.3. The second-order valence-corrected chi connectivity index (χ2v) is 8.45. The van der Waals surface area contributed by atoms with E-state index in [0.717, 1.165) is 24.5 Å². The molecule has 0 spiro atoms. The van der Waals surface area contributed by atoms with E-state index in [-0.39, 0.29) is 29.5 Å². The highest BCUT2D eigenvalue weighted by atomic mass is 16.2. The number of hydrogen-bond donors (Lipinski definition) is 2. The molecule has 2 heterocycles. The summed E-state index contributed by atoms with van der Waals surface area (Å²) in [5.41, 5.74) is 3.77. The number of carbonyl (C=O) groups excluding carboxylic acids is 3. The molecule has 0 saturated carbocycles. The normalized spacial score (nSPS) is 16.4. The Morgan fingerprint density at radius 3 is 2.03 bits per heavy atom. The Morgan fingerprint density at radius 2 is 1.47 bits per heavy atom. The van der Waals surface area contributed by atoms with Gasteiger partial charge >= 0.3 is 0 Å². The van der Waals surface area contributed by atoms with Gasteiger partial charge in [-0.1, -0.05) is 12.1 Å². The Hall–Kier alpha value is -3.61. The van der Waals surface area contributed by atoms with Crippen molar-refractivity contribution in [1.82, 2.24) is 4.90 Å². The lowest BCUT2D eigenvalue weighted by Gasteiger charge is -2.20. The molecular weight excluding hydrogens is 404 g/mol. The summed E-state index contributed by atoms with van der Waals surface area (Å²) in [7, 11) is 0. The first-order valence-corrected chi connectivity index (χ1v) is 11.0. The van der Waals surface area contributed by atoms with Gasteiger partial charge in [0, 0.05) is 43.1 Å². The van der Waals surface area contributed by atoms with Gasteiger partial charge in [-0.3, -0.25) is 19.3 Å². The minimum Gasteiger partial charge on any atom is -0.372 e. The Balaban J connectivity index is 1.66. The molecule has 2 aromatic carbocycles. The number of hydrogen-bond acceptors (Lipinski definition) is 5. The fourth-order valence-electron chi connectivity index (χ4n) is 4.20. The van der Waals surface area contributed by atoms with E-state index in [4.69, 9.17) is 0 Å². The minimum atomic E-state index is -0.338. The third-order valence-electron chi connectivity index (χ3n) is 5.73. The standard InChI is InChI=1S/C25H28N4O3/c1-16(2)29-24(31)22(18-6-8-19(9-7-18)26-17(3)30)23(25(29)32)27-20-10-12-21(13-11-20)28-14-4-5-15-28/h6-13,16,27H,4-5,14-15H2,1-3H3,(H,26,30). The zero-order valence-corrected chi connectivity index (χ0v) is 18.6. The van der Waals surface area contributed by atoms with Gasteiger partial charge in [0.15, 0.2) is 0 Å². The molecule has 0 unspecified atom stereocenters. The SMILES string of the molecule is CC(=O)Nc1ccc(C2=C(Nc3ccc(N4CCCC4)cc3)C(=O)N(C(C)C)C2=O)cc1. The number of imide groups is 1. The Bertz CT molecular complexity index is 1070. The lowest BCUT2D eigenvalue weighted by Crippen LogP contribution is -2.38. The van der Waals surface area contributed by atoms with E-state index in [0.29, 0.717) is 16.8 Å². The van der Waals surface area contributed by atoms with Gasteiger partial charge in [0.2, 0.25) is 5.91 Å². The molecule has 3 amide bonds. The molecule has 1 saturated heterocycles. The molecule has 7 heteroatoms. The van der Waals surface area contributed by atoms with E-state index >= 15 is 0 Å². The fourth-order valence-corrected chi connectivity index (χ4v) is 4.20. The highest BCUT2D eigenvalue weighted by Crippen LogP contribution is 2.33. The third-order valence-corrected chi connectivity index (χ3v) is 5.73. The molecule has 0 atom stereocenters. The van der Waals surface area contributed by atoms with Crippen molar-refractivity contribution < 1.29 is 14.4 Å². The van der Waals surface area contributed by atoms with Crippen molar-refractivity contribution >= 4 is 40.4 Å². The Kier molecular flexibility index (Phi) is 5.99. The molecule has 2 aliphatic rings. The lowest BCUT2D eigenvalue weighted by molar-refractivity contribution is -0.138. The van der Waals surface area contributed by atoms with Crippen LogP contribution in [0.2, 0.25) is 0 Å². The van der Waals surface area contributed by atoms with Gasteiger partial charge in [-0.2, -0.15) is 0 Å². The van der Waals surface area contributed by atoms with Crippen LogP contribution in [0.25, 0.3) is 5.57 Å². The summed E-state index contributed by atoms with van der Waals surface area (Å²) in [6, 6.07) is 14.6. The number of nitrogens with zero attached hydrogens (tertiary/aromatic N) is 2. The van der Waals surface area contributed by atoms with Crippen molar-refractivity contribution in [1.29, 1.82) is 0 Å². The number of carbonyl (C=O) groups is 3. The Morgan fingerprint density at radius 1 is 0.875 bits per heavy atom. The first kappa shape index (κ1) is 21.6. The van der Waals surface area contributed by atoms with Crippen LogP contribution in [0.3, 0.4) is 0 Å². The minimum absolute atomic E-state index is 0.171. The number of amides is 3. The fraction of sp³-hybridized carbons (Fsp3) is 0.320. The van der Waals surface area contributed by atoms with E-state index in [2.05, 4.69) is 15.5 Å². The van der Waals surface area contributed by atoms with Gasteiger partial charge in [0.25, 0.3) is 11.8 Å². The first-order valence-electron chi connectivity index (χ1n) is 11.0. The topological polar surface area (TPSA) is 81.8 Å². The molecule has 0 aliphatic carbocycles. The van der Waals surface area contributed by atoms with Gasteiger partial charge < -0.3 is 15.5 Å². The molecular formula is C25H28N4O3. The zero-order chi connectivity index (χ0) is 22.8. The third kappa shape index (κ3) is 4.23. The molecule has 0 bridgehead atoms. The van der Waals surface area contributed by atoms with Crippen LogP contribution in [0.1, 0.15) is 39.2 Å². The van der Waals surface area contributed by atoms with E-state index in [9.17, 15) is 14.4 Å². The number of nitrogens with one attached hydrogen (secondary N) is 2. The van der Waals surface area contributed by atoms with Crippen LogP contribution in [0, 0.1) is 0 Å². The monoisotopic (exact) mass is 432 g/mol. The van der Waals surface area contributed by atoms with E-state index < -0.39 is 0 Å². The highest BCUT2D eigenvalue weighted by Gasteiger charge is 2.40. The molecule has 2 aromatic rings. The summed E-state index contributed by atoms with van der Waals surface area (Å²) >= 11 is 0. The second-order valence-electron chi connectivity index (χ2n) is 8.45. The summed E-state index contributed by atoms with van der Waals surface area (Å²) < 4.78 is 0. The van der Waals surface area contributed by atoms with Crippen molar-refractivity contribution in [2.45, 2.75) is 39.7 Å². The predicted molar refractivity (Wildman–Crippen MR) is 126 cm³/mol. The smallest absolute Gasteiger partial charge is 0.278 e. The summed E-state index contributed by atoms with van der Waals surface area (Å²) in [4.78, 5) is 41.2. The molecule has 7 nitrogen and oxygen atoms in total. The molecule has 2 aliphatic heterocycles. The number of benzene rings is 2. The van der Waals surface area contributed by atoms with Crippen LogP contribution in [-0.2, 0) is 14.4 Å². The summed E-state index contributed by atoms with van der Waals surface area (Å²) in [6.45, 7) is 7.20. The van der Waals surface area contributed by atoms with Crippen molar-refractivity contribution in [3.8, 4) is 0 Å². The van der Waals surface area contributed by atoms with E-state index in [1.807, 2.05) is 38.1 Å². The van der Waals surface area contributed by atoms with Gasteiger partial charge in [-0.25, -0.2) is 0 Å². The second kappa shape index (κ2) is 8.86. The van der Waals surface area contributed by atoms with Crippen LogP contribution in [0.4, 0.5) is 17.1 Å². The lowest BCUT2D eigenvalue weighted by atomic mass is 10.0. The molecule has 32 heavy (non-hydrogen) atoms. The highest BCUT2D eigenvalue weighted by molar-refractivity contribution is 6.36. The quantitative estimate of drug-likeness (QED) is 0.678. The molecule has 2 N–H and O–H groups in total. The van der Waals surface area contributed by atoms with Gasteiger partial charge in [0.05, 0.1) is 5.57 Å². The predicted octanol–water partition coefficient (Wildman–Crippen LogP) is 3.85. The zero-order valence-electron chi connectivity index (χ0n) is 18.6. The van der Waals surface area contributed by atoms with Crippen LogP contribution in [-0.4, -0.2) is 41.8 Å². The molecule has 166 valence electrons.